The van der Waals surface area contributed by atoms with Gasteiger partial charge in [-0.25, -0.2) is 0 Å². The molecule has 1 aliphatic heterocycles. The number of nitrogens with zero attached hydrogens (tertiary/aromatic N) is 1. The molecule has 0 aliphatic carbocycles. The van der Waals surface area contributed by atoms with Gasteiger partial charge >= 0.3 is 0 Å². The predicted octanol–water partition coefficient (Wildman–Crippen LogP) is 4.04. The first kappa shape index (κ1) is 22.9. The molecule has 33 heavy (non-hydrogen) atoms. The second-order valence-corrected chi connectivity index (χ2v) is 8.46. The van der Waals surface area contributed by atoms with Crippen LogP contribution in [0.5, 0.6) is 0 Å². The Morgan fingerprint density at radius 2 is 1.64 bits per heavy atom. The summed E-state index contributed by atoms with van der Waals surface area (Å²) in [4.78, 5) is 26.7. The van der Waals surface area contributed by atoms with Crippen LogP contribution in [0.25, 0.3) is 0 Å². The van der Waals surface area contributed by atoms with Gasteiger partial charge in [-0.2, -0.15) is 0 Å². The number of hydrogen-bond donors (Lipinski definition) is 2. The largest absolute Gasteiger partial charge is 0.363 e. The Morgan fingerprint density at radius 3 is 2.36 bits per heavy atom. The Bertz CT molecular complexity index is 1110. The number of aryl methyl sites for hydroxylation is 1. The second-order valence-electron chi connectivity index (χ2n) is 8.46. The molecular formula is C28H30N2O3. The van der Waals surface area contributed by atoms with E-state index in [-0.39, 0.29) is 11.7 Å². The molecule has 0 saturated heterocycles. The van der Waals surface area contributed by atoms with Crippen molar-refractivity contribution in [1.29, 1.82) is 0 Å². The van der Waals surface area contributed by atoms with Crippen molar-refractivity contribution < 1.29 is 14.7 Å². The van der Waals surface area contributed by atoms with E-state index >= 15 is 0 Å². The minimum Gasteiger partial charge on any atom is -0.363 e. The lowest BCUT2D eigenvalue weighted by atomic mass is 9.92. The average molecular weight is 443 g/mol. The lowest BCUT2D eigenvalue weighted by Gasteiger charge is -2.35. The summed E-state index contributed by atoms with van der Waals surface area (Å²) < 4.78 is 0. The molecule has 0 aromatic heterocycles. The SMILES string of the molecule is CCNCC(=O)CCCc1ccc(C2(O)c3ccccc3C(=O)N2Cc2ccccc2)cc1. The number of ketones is 1. The Kier molecular flexibility index (Phi) is 7.02. The number of carbonyl (C=O) groups excluding carboxylic acids is 2. The molecule has 5 nitrogen and oxygen atoms in total. The summed E-state index contributed by atoms with van der Waals surface area (Å²) >= 11 is 0. The molecule has 3 aromatic carbocycles. The van der Waals surface area contributed by atoms with Gasteiger partial charge in [-0.3, -0.25) is 14.5 Å². The maximum Gasteiger partial charge on any atom is 0.257 e. The van der Waals surface area contributed by atoms with Crippen LogP contribution >= 0.6 is 0 Å². The van der Waals surface area contributed by atoms with Crippen LogP contribution < -0.4 is 5.32 Å². The fraction of sp³-hybridized carbons (Fsp3) is 0.286. The monoisotopic (exact) mass is 442 g/mol. The van der Waals surface area contributed by atoms with Crippen LogP contribution in [0, 0.1) is 0 Å². The minimum absolute atomic E-state index is 0.180. The van der Waals surface area contributed by atoms with Gasteiger partial charge in [0.05, 0.1) is 6.54 Å². The predicted molar refractivity (Wildman–Crippen MR) is 129 cm³/mol. The molecule has 1 amide bonds. The average Bonchev–Trinajstić information content (AvgIpc) is 3.06. The third kappa shape index (κ3) is 4.75. The van der Waals surface area contributed by atoms with E-state index in [0.29, 0.717) is 36.2 Å². The first-order valence-electron chi connectivity index (χ1n) is 11.5. The van der Waals surface area contributed by atoms with Crippen molar-refractivity contribution in [3.8, 4) is 0 Å². The van der Waals surface area contributed by atoms with Gasteiger partial charge < -0.3 is 10.4 Å². The molecule has 3 aromatic rings. The molecule has 0 radical (unpaired) electrons. The van der Waals surface area contributed by atoms with Gasteiger partial charge in [-0.05, 0) is 36.6 Å². The molecule has 170 valence electrons. The number of carbonyl (C=O) groups is 2. The summed E-state index contributed by atoms with van der Waals surface area (Å²) in [6.45, 7) is 3.51. The Hall–Kier alpha value is -3.28. The van der Waals surface area contributed by atoms with Crippen LogP contribution in [0.4, 0.5) is 0 Å². The summed E-state index contributed by atoms with van der Waals surface area (Å²) in [5.41, 5.74) is 2.31. The number of amides is 1. The molecule has 4 rings (SSSR count). The molecule has 1 atom stereocenters. The highest BCUT2D eigenvalue weighted by atomic mass is 16.3. The summed E-state index contributed by atoms with van der Waals surface area (Å²) in [7, 11) is 0. The van der Waals surface area contributed by atoms with E-state index in [1.807, 2.05) is 79.7 Å². The van der Waals surface area contributed by atoms with Crippen LogP contribution in [0.1, 0.15) is 52.4 Å². The highest BCUT2D eigenvalue weighted by Gasteiger charge is 2.49. The molecule has 5 heteroatoms. The third-order valence-electron chi connectivity index (χ3n) is 6.20. The highest BCUT2D eigenvalue weighted by Crippen LogP contribution is 2.43. The van der Waals surface area contributed by atoms with Gasteiger partial charge in [-0.1, -0.05) is 79.7 Å². The fourth-order valence-electron chi connectivity index (χ4n) is 4.42. The van der Waals surface area contributed by atoms with Crippen molar-refractivity contribution in [3.05, 3.63) is 107 Å². The second kappa shape index (κ2) is 10.1. The highest BCUT2D eigenvalue weighted by molar-refractivity contribution is 6.00. The van der Waals surface area contributed by atoms with E-state index in [1.165, 1.54) is 0 Å². The summed E-state index contributed by atoms with van der Waals surface area (Å²) in [5, 5.41) is 15.0. The number of aliphatic hydroxyl groups is 1. The lowest BCUT2D eigenvalue weighted by molar-refractivity contribution is -0.118. The van der Waals surface area contributed by atoms with Gasteiger partial charge in [0.2, 0.25) is 0 Å². The molecule has 1 unspecified atom stereocenters. The first-order valence-corrected chi connectivity index (χ1v) is 11.5. The van der Waals surface area contributed by atoms with Gasteiger partial charge in [-0.15, -0.1) is 0 Å². The van der Waals surface area contributed by atoms with Crippen LogP contribution in [0.2, 0.25) is 0 Å². The fourth-order valence-corrected chi connectivity index (χ4v) is 4.42. The van der Waals surface area contributed by atoms with Crippen molar-refractivity contribution in [1.82, 2.24) is 10.2 Å². The van der Waals surface area contributed by atoms with Gasteiger partial charge in [0.1, 0.15) is 5.78 Å². The zero-order chi connectivity index (χ0) is 23.3. The van der Waals surface area contributed by atoms with Crippen molar-refractivity contribution in [3.63, 3.8) is 0 Å². The molecule has 2 N–H and O–H groups in total. The van der Waals surface area contributed by atoms with E-state index in [9.17, 15) is 14.7 Å². The van der Waals surface area contributed by atoms with Gasteiger partial charge in [0.15, 0.2) is 5.72 Å². The molecule has 0 saturated carbocycles. The first-order chi connectivity index (χ1) is 16.0. The van der Waals surface area contributed by atoms with Crippen molar-refractivity contribution in [2.45, 2.75) is 38.5 Å². The van der Waals surface area contributed by atoms with Crippen LogP contribution in [-0.4, -0.2) is 34.8 Å². The Balaban J connectivity index is 1.55. The summed E-state index contributed by atoms with van der Waals surface area (Å²) in [5.74, 6) is 0.0423. The third-order valence-corrected chi connectivity index (χ3v) is 6.20. The van der Waals surface area contributed by atoms with E-state index in [1.54, 1.807) is 11.0 Å². The van der Waals surface area contributed by atoms with Crippen LogP contribution in [0.15, 0.2) is 78.9 Å². The van der Waals surface area contributed by atoms with Crippen LogP contribution in [-0.2, 0) is 23.5 Å². The van der Waals surface area contributed by atoms with Crippen molar-refractivity contribution in [2.75, 3.05) is 13.1 Å². The van der Waals surface area contributed by atoms with E-state index < -0.39 is 5.72 Å². The standard InChI is InChI=1S/C28H30N2O3/c1-2-29-19-24(31)12-8-11-21-15-17-23(18-16-21)28(33)26-14-7-6-13-25(26)27(32)30(28)20-22-9-4-3-5-10-22/h3-7,9-10,13-18,29,33H,2,8,11-12,19-20H2,1H3. The van der Waals surface area contributed by atoms with E-state index in [0.717, 1.165) is 30.5 Å². The molecule has 1 aliphatic rings. The topological polar surface area (TPSA) is 69.6 Å². The molecule has 0 fully saturated rings. The van der Waals surface area contributed by atoms with Crippen molar-refractivity contribution in [2.24, 2.45) is 0 Å². The number of nitrogens with one attached hydrogen (secondary N) is 1. The minimum atomic E-state index is -1.54. The van der Waals surface area contributed by atoms with E-state index in [4.69, 9.17) is 0 Å². The zero-order valence-electron chi connectivity index (χ0n) is 19.0. The number of rotatable bonds is 10. The molecule has 0 bridgehead atoms. The van der Waals surface area contributed by atoms with Crippen molar-refractivity contribution >= 4 is 11.7 Å². The summed E-state index contributed by atoms with van der Waals surface area (Å²) in [6.07, 6.45) is 2.13. The van der Waals surface area contributed by atoms with Gasteiger partial charge in [0, 0.05) is 29.7 Å². The Morgan fingerprint density at radius 1 is 0.939 bits per heavy atom. The van der Waals surface area contributed by atoms with E-state index in [2.05, 4.69) is 5.32 Å². The maximum absolute atomic E-state index is 13.3. The number of fused-ring (bicyclic) bond motifs is 1. The smallest absolute Gasteiger partial charge is 0.257 e. The maximum atomic E-state index is 13.3. The lowest BCUT2D eigenvalue weighted by Crippen LogP contribution is -2.44. The molecule has 0 spiro atoms. The normalized spacial score (nSPS) is 17.3. The number of benzene rings is 3. The number of hydrogen-bond acceptors (Lipinski definition) is 4. The molecule has 1 heterocycles. The zero-order valence-corrected chi connectivity index (χ0v) is 19.0. The Labute approximate surface area is 195 Å². The van der Waals surface area contributed by atoms with Gasteiger partial charge in [0.25, 0.3) is 5.91 Å². The molecular weight excluding hydrogens is 412 g/mol. The summed E-state index contributed by atoms with van der Waals surface area (Å²) in [6, 6.07) is 24.7. The number of Topliss-reactive ketones (excluding diaryl/α,β-unsaturated/α-hetero) is 1. The van der Waals surface area contributed by atoms with Crippen LogP contribution in [0.3, 0.4) is 0 Å². The quantitative estimate of drug-likeness (QED) is 0.497. The number of likely N-dealkylation sites (N-methyl/N-ethyl adjacent to an activating group) is 1.